The van der Waals surface area contributed by atoms with E-state index < -0.39 is 9.84 Å². The SMILES string of the molecule is CCNC1C(S(=O)(=O)c2cccc(Br)c2)CCC1(C)C. The zero-order valence-corrected chi connectivity index (χ0v) is 14.6. The molecule has 0 saturated heterocycles. The molecule has 1 fully saturated rings. The molecule has 2 rings (SSSR count). The normalized spacial score (nSPS) is 25.8. The third kappa shape index (κ3) is 2.95. The van der Waals surface area contributed by atoms with Crippen LogP contribution in [0.15, 0.2) is 33.6 Å². The van der Waals surface area contributed by atoms with Gasteiger partial charge in [-0.25, -0.2) is 8.42 Å². The maximum absolute atomic E-state index is 12.9. The van der Waals surface area contributed by atoms with Gasteiger partial charge in [0.25, 0.3) is 0 Å². The Bertz CT molecular complexity index is 583. The van der Waals surface area contributed by atoms with Gasteiger partial charge >= 0.3 is 0 Å². The van der Waals surface area contributed by atoms with Gasteiger partial charge in [0.2, 0.25) is 0 Å². The first kappa shape index (κ1) is 16.0. The number of sulfone groups is 1. The predicted molar refractivity (Wildman–Crippen MR) is 85.6 cm³/mol. The second-order valence-electron chi connectivity index (χ2n) is 6.10. The van der Waals surface area contributed by atoms with E-state index in [0.717, 1.165) is 23.9 Å². The van der Waals surface area contributed by atoms with Crippen molar-refractivity contribution in [1.29, 1.82) is 0 Å². The standard InChI is InChI=1S/C15H22BrNO2S/c1-4-17-14-13(8-9-15(14,2)3)20(18,19)12-7-5-6-11(16)10-12/h5-7,10,13-14,17H,4,8-9H2,1-3H3. The number of hydrogen-bond acceptors (Lipinski definition) is 3. The molecule has 1 aromatic carbocycles. The van der Waals surface area contributed by atoms with Crippen LogP contribution in [-0.4, -0.2) is 26.3 Å². The van der Waals surface area contributed by atoms with Gasteiger partial charge in [0.15, 0.2) is 9.84 Å². The second kappa shape index (κ2) is 5.78. The zero-order valence-electron chi connectivity index (χ0n) is 12.2. The van der Waals surface area contributed by atoms with Crippen molar-refractivity contribution in [3.05, 3.63) is 28.7 Å². The summed E-state index contributed by atoms with van der Waals surface area (Å²) in [5, 5.41) is 3.04. The summed E-state index contributed by atoms with van der Waals surface area (Å²) in [7, 11) is -3.30. The monoisotopic (exact) mass is 359 g/mol. The van der Waals surface area contributed by atoms with Crippen LogP contribution in [0.25, 0.3) is 0 Å². The van der Waals surface area contributed by atoms with Gasteiger partial charge in [0.05, 0.1) is 10.1 Å². The largest absolute Gasteiger partial charge is 0.312 e. The summed E-state index contributed by atoms with van der Waals surface area (Å²) in [6.07, 6.45) is 1.65. The Morgan fingerprint density at radius 2 is 2.10 bits per heavy atom. The smallest absolute Gasteiger partial charge is 0.182 e. The minimum Gasteiger partial charge on any atom is -0.312 e. The van der Waals surface area contributed by atoms with Gasteiger partial charge in [-0.2, -0.15) is 0 Å². The summed E-state index contributed by atoms with van der Waals surface area (Å²) in [4.78, 5) is 0.414. The van der Waals surface area contributed by atoms with E-state index in [4.69, 9.17) is 0 Å². The summed E-state index contributed by atoms with van der Waals surface area (Å²) in [6.45, 7) is 7.11. The summed E-state index contributed by atoms with van der Waals surface area (Å²) >= 11 is 3.35. The molecule has 5 heteroatoms. The molecule has 1 aromatic rings. The highest BCUT2D eigenvalue weighted by atomic mass is 79.9. The molecule has 112 valence electrons. The van der Waals surface area contributed by atoms with Crippen molar-refractivity contribution in [3.63, 3.8) is 0 Å². The summed E-state index contributed by atoms with van der Waals surface area (Å²) in [5.41, 5.74) is 0.0136. The van der Waals surface area contributed by atoms with Gasteiger partial charge in [-0.1, -0.05) is 42.8 Å². The van der Waals surface area contributed by atoms with Crippen LogP contribution in [0, 0.1) is 5.41 Å². The molecule has 0 heterocycles. The summed E-state index contributed by atoms with van der Waals surface area (Å²) in [6, 6.07) is 7.02. The Balaban J connectivity index is 2.39. The number of halogens is 1. The van der Waals surface area contributed by atoms with Crippen molar-refractivity contribution in [2.75, 3.05) is 6.54 Å². The van der Waals surface area contributed by atoms with Gasteiger partial charge in [-0.05, 0) is 43.0 Å². The van der Waals surface area contributed by atoms with E-state index in [9.17, 15) is 8.42 Å². The molecule has 1 aliphatic carbocycles. The van der Waals surface area contributed by atoms with Crippen LogP contribution in [0.1, 0.15) is 33.6 Å². The van der Waals surface area contributed by atoms with Gasteiger partial charge in [0, 0.05) is 10.5 Å². The zero-order chi connectivity index (χ0) is 15.0. The third-order valence-electron chi connectivity index (χ3n) is 4.23. The summed E-state index contributed by atoms with van der Waals surface area (Å²) in [5.74, 6) is 0. The summed E-state index contributed by atoms with van der Waals surface area (Å²) < 4.78 is 26.6. The van der Waals surface area contributed by atoms with Gasteiger partial charge in [-0.3, -0.25) is 0 Å². The quantitative estimate of drug-likeness (QED) is 0.895. The lowest BCUT2D eigenvalue weighted by molar-refractivity contribution is 0.288. The minimum atomic E-state index is -3.30. The molecule has 0 bridgehead atoms. The minimum absolute atomic E-state index is 0.0106. The Labute approximate surface area is 130 Å². The Kier molecular flexibility index (Phi) is 4.62. The lowest BCUT2D eigenvalue weighted by Crippen LogP contribution is -2.47. The number of hydrogen-bond donors (Lipinski definition) is 1. The van der Waals surface area contributed by atoms with E-state index >= 15 is 0 Å². The van der Waals surface area contributed by atoms with Crippen LogP contribution in [0.5, 0.6) is 0 Å². The Morgan fingerprint density at radius 3 is 2.70 bits per heavy atom. The molecule has 1 aliphatic rings. The Hall–Kier alpha value is -0.390. The highest BCUT2D eigenvalue weighted by molar-refractivity contribution is 9.10. The van der Waals surface area contributed by atoms with E-state index in [1.807, 2.05) is 13.0 Å². The van der Waals surface area contributed by atoms with Crippen LogP contribution in [-0.2, 0) is 9.84 Å². The highest BCUT2D eigenvalue weighted by Gasteiger charge is 2.47. The lowest BCUT2D eigenvalue weighted by atomic mass is 9.87. The van der Waals surface area contributed by atoms with Crippen molar-refractivity contribution < 1.29 is 8.42 Å². The number of rotatable bonds is 4. The Morgan fingerprint density at radius 1 is 1.40 bits per heavy atom. The van der Waals surface area contributed by atoms with Crippen molar-refractivity contribution in [1.82, 2.24) is 5.32 Å². The van der Waals surface area contributed by atoms with E-state index in [0.29, 0.717) is 4.90 Å². The van der Waals surface area contributed by atoms with E-state index in [2.05, 4.69) is 35.1 Å². The molecule has 0 radical (unpaired) electrons. The molecular weight excluding hydrogens is 338 g/mol. The molecule has 0 aliphatic heterocycles. The number of benzene rings is 1. The molecule has 3 nitrogen and oxygen atoms in total. The van der Waals surface area contributed by atoms with Crippen LogP contribution in [0.4, 0.5) is 0 Å². The van der Waals surface area contributed by atoms with Crippen LogP contribution in [0.3, 0.4) is 0 Å². The topological polar surface area (TPSA) is 46.2 Å². The van der Waals surface area contributed by atoms with E-state index in [-0.39, 0.29) is 16.7 Å². The first-order valence-electron chi connectivity index (χ1n) is 7.02. The van der Waals surface area contributed by atoms with Crippen molar-refractivity contribution in [2.45, 2.75) is 49.8 Å². The van der Waals surface area contributed by atoms with Gasteiger partial charge in [0.1, 0.15) is 0 Å². The van der Waals surface area contributed by atoms with Gasteiger partial charge < -0.3 is 5.32 Å². The van der Waals surface area contributed by atoms with Crippen molar-refractivity contribution in [3.8, 4) is 0 Å². The van der Waals surface area contributed by atoms with Crippen molar-refractivity contribution in [2.24, 2.45) is 5.41 Å². The van der Waals surface area contributed by atoms with Gasteiger partial charge in [-0.15, -0.1) is 0 Å². The fourth-order valence-electron chi connectivity index (χ4n) is 3.12. The third-order valence-corrected chi connectivity index (χ3v) is 6.94. The first-order valence-corrected chi connectivity index (χ1v) is 9.36. The maximum Gasteiger partial charge on any atom is 0.182 e. The van der Waals surface area contributed by atoms with Crippen molar-refractivity contribution >= 4 is 25.8 Å². The molecule has 2 atom stereocenters. The number of nitrogens with one attached hydrogen (secondary N) is 1. The molecule has 1 saturated carbocycles. The van der Waals surface area contributed by atoms with Crippen LogP contribution < -0.4 is 5.32 Å². The molecular formula is C15H22BrNO2S. The average molecular weight is 360 g/mol. The molecule has 2 unspecified atom stereocenters. The fraction of sp³-hybridized carbons (Fsp3) is 0.600. The molecule has 20 heavy (non-hydrogen) atoms. The molecule has 0 amide bonds. The second-order valence-corrected chi connectivity index (χ2v) is 9.19. The molecule has 0 aromatic heterocycles. The van der Waals surface area contributed by atoms with E-state index in [1.165, 1.54) is 0 Å². The van der Waals surface area contributed by atoms with E-state index in [1.54, 1.807) is 18.2 Å². The first-order chi connectivity index (χ1) is 9.29. The average Bonchev–Trinajstić information content (AvgIpc) is 2.66. The maximum atomic E-state index is 12.9. The predicted octanol–water partition coefficient (Wildman–Crippen LogP) is 3.39. The highest BCUT2D eigenvalue weighted by Crippen LogP contribution is 2.42. The fourth-order valence-corrected chi connectivity index (χ4v) is 5.83. The lowest BCUT2D eigenvalue weighted by Gasteiger charge is -2.31. The molecule has 1 N–H and O–H groups in total. The molecule has 0 spiro atoms. The van der Waals surface area contributed by atoms with Crippen LogP contribution in [0.2, 0.25) is 0 Å². The van der Waals surface area contributed by atoms with Crippen LogP contribution >= 0.6 is 15.9 Å².